The van der Waals surface area contributed by atoms with Crippen molar-refractivity contribution >= 4 is 21.7 Å². The molecule has 3 aliphatic rings. The van der Waals surface area contributed by atoms with E-state index in [-0.39, 0.29) is 11.9 Å². The molecule has 3 heterocycles. The Kier molecular flexibility index (Phi) is 8.33. The van der Waals surface area contributed by atoms with Crippen LogP contribution in [0.5, 0.6) is 0 Å². The topological polar surface area (TPSA) is 98.7 Å². The molecule has 35 heavy (non-hydrogen) atoms. The lowest BCUT2D eigenvalue weighted by atomic mass is 9.97. The molecule has 1 aliphatic carbocycles. The molecule has 0 bridgehead atoms. The zero-order valence-electron chi connectivity index (χ0n) is 21.7. The Hall–Kier alpha value is -1.78. The second kappa shape index (κ2) is 11.1. The smallest absolute Gasteiger partial charge is 0.272 e. The maximum absolute atomic E-state index is 13.3. The van der Waals surface area contributed by atoms with E-state index >= 15 is 0 Å². The summed E-state index contributed by atoms with van der Waals surface area (Å²) in [5.41, 5.74) is 1.34. The molecule has 1 aromatic rings. The van der Waals surface area contributed by atoms with E-state index in [1.54, 1.807) is 7.05 Å². The average molecular weight is 507 g/mol. The van der Waals surface area contributed by atoms with Crippen LogP contribution >= 0.6 is 0 Å². The SMILES string of the molecule is Cc1c(NCC2CCC(C)C2)ncnc1C(=O)N1CCC(N2CCC(N(C)S(C)(=O)=O)CC2)CC1. The molecule has 2 unspecified atom stereocenters. The fraction of sp³-hybridized carbons (Fsp3) is 0.800. The second-order valence-corrected chi connectivity index (χ2v) is 13.0. The average Bonchev–Trinajstić information content (AvgIpc) is 3.27. The number of nitrogens with zero attached hydrogens (tertiary/aromatic N) is 5. The normalized spacial score (nSPS) is 25.3. The molecule has 10 heteroatoms. The van der Waals surface area contributed by atoms with E-state index in [2.05, 4.69) is 27.1 Å². The maximum atomic E-state index is 13.3. The number of rotatable bonds is 7. The van der Waals surface area contributed by atoms with Gasteiger partial charge in [0.2, 0.25) is 10.0 Å². The van der Waals surface area contributed by atoms with Crippen LogP contribution in [0.25, 0.3) is 0 Å². The lowest BCUT2D eigenvalue weighted by Crippen LogP contribution is -2.52. The summed E-state index contributed by atoms with van der Waals surface area (Å²) >= 11 is 0. The van der Waals surface area contributed by atoms with Crippen LogP contribution < -0.4 is 5.32 Å². The molecule has 0 spiro atoms. The van der Waals surface area contributed by atoms with E-state index in [0.717, 1.165) is 75.7 Å². The molecule has 2 aliphatic heterocycles. The van der Waals surface area contributed by atoms with E-state index in [1.165, 1.54) is 36.2 Å². The zero-order valence-corrected chi connectivity index (χ0v) is 22.6. The largest absolute Gasteiger partial charge is 0.369 e. The maximum Gasteiger partial charge on any atom is 0.272 e. The monoisotopic (exact) mass is 506 g/mol. The Morgan fingerprint density at radius 1 is 1.09 bits per heavy atom. The number of piperidine rings is 2. The van der Waals surface area contributed by atoms with Crippen LogP contribution in [-0.2, 0) is 10.0 Å². The van der Waals surface area contributed by atoms with Gasteiger partial charge in [0.1, 0.15) is 17.8 Å². The van der Waals surface area contributed by atoms with Crippen molar-refractivity contribution in [1.82, 2.24) is 24.1 Å². The summed E-state index contributed by atoms with van der Waals surface area (Å²) in [5.74, 6) is 2.25. The van der Waals surface area contributed by atoms with Crippen LogP contribution in [0.4, 0.5) is 5.82 Å². The van der Waals surface area contributed by atoms with Gasteiger partial charge in [0.05, 0.1) is 6.26 Å². The van der Waals surface area contributed by atoms with Crippen molar-refractivity contribution in [2.45, 2.75) is 70.9 Å². The molecule has 2 saturated heterocycles. The minimum Gasteiger partial charge on any atom is -0.369 e. The Morgan fingerprint density at radius 2 is 1.77 bits per heavy atom. The van der Waals surface area contributed by atoms with Gasteiger partial charge in [-0.05, 0) is 70.4 Å². The standard InChI is InChI=1S/C25H42N6O3S/c1-18-5-6-20(15-18)16-26-24-19(2)23(27-17-28-24)25(32)31-13-9-22(10-14-31)30-11-7-21(8-12-30)29(3)35(4,33)34/h17-18,20-22H,5-16H2,1-4H3,(H,26,27,28). The van der Waals surface area contributed by atoms with E-state index < -0.39 is 10.0 Å². The third-order valence-electron chi connectivity index (χ3n) is 8.45. The minimum atomic E-state index is -3.15. The number of nitrogens with one attached hydrogen (secondary N) is 1. The highest BCUT2D eigenvalue weighted by molar-refractivity contribution is 7.88. The molecule has 0 radical (unpaired) electrons. The predicted octanol–water partition coefficient (Wildman–Crippen LogP) is 2.59. The molecule has 4 rings (SSSR count). The molecular weight excluding hydrogens is 464 g/mol. The van der Waals surface area contributed by atoms with Gasteiger partial charge in [-0.2, -0.15) is 0 Å². The van der Waals surface area contributed by atoms with Gasteiger partial charge in [0.25, 0.3) is 5.91 Å². The Labute approximate surface area is 210 Å². The molecule has 2 atom stereocenters. The summed E-state index contributed by atoms with van der Waals surface area (Å²) in [6.45, 7) is 8.41. The highest BCUT2D eigenvalue weighted by Crippen LogP contribution is 2.31. The number of hydrogen-bond donors (Lipinski definition) is 1. The van der Waals surface area contributed by atoms with Crippen LogP contribution in [0.3, 0.4) is 0 Å². The van der Waals surface area contributed by atoms with E-state index in [4.69, 9.17) is 0 Å². The number of carbonyl (C=O) groups excluding carboxylic acids is 1. The molecule has 196 valence electrons. The first kappa shape index (κ1) is 26.3. The number of hydrogen-bond acceptors (Lipinski definition) is 7. The highest BCUT2D eigenvalue weighted by Gasteiger charge is 2.33. The number of anilines is 1. The van der Waals surface area contributed by atoms with Crippen LogP contribution in [-0.4, -0.2) is 96.5 Å². The van der Waals surface area contributed by atoms with E-state index in [9.17, 15) is 13.2 Å². The van der Waals surface area contributed by atoms with Gasteiger partial charge in [-0.3, -0.25) is 4.79 Å². The lowest BCUT2D eigenvalue weighted by Gasteiger charge is -2.43. The quantitative estimate of drug-likeness (QED) is 0.607. The van der Waals surface area contributed by atoms with Gasteiger partial charge >= 0.3 is 0 Å². The van der Waals surface area contributed by atoms with Crippen molar-refractivity contribution in [1.29, 1.82) is 0 Å². The fourth-order valence-corrected chi connectivity index (χ4v) is 6.82. The van der Waals surface area contributed by atoms with Gasteiger partial charge in [-0.15, -0.1) is 0 Å². The first-order valence-corrected chi connectivity index (χ1v) is 15.0. The molecule has 1 N–H and O–H groups in total. The number of carbonyl (C=O) groups is 1. The number of likely N-dealkylation sites (tertiary alicyclic amines) is 2. The van der Waals surface area contributed by atoms with Gasteiger partial charge < -0.3 is 15.1 Å². The van der Waals surface area contributed by atoms with Crippen molar-refractivity contribution in [3.63, 3.8) is 0 Å². The highest BCUT2D eigenvalue weighted by atomic mass is 32.2. The van der Waals surface area contributed by atoms with E-state index in [0.29, 0.717) is 17.7 Å². The van der Waals surface area contributed by atoms with Crippen molar-refractivity contribution in [2.24, 2.45) is 11.8 Å². The van der Waals surface area contributed by atoms with Crippen molar-refractivity contribution in [3.8, 4) is 0 Å². The third-order valence-corrected chi connectivity index (χ3v) is 9.80. The van der Waals surface area contributed by atoms with Crippen LogP contribution in [0.2, 0.25) is 0 Å². The number of sulfonamides is 1. The molecule has 1 amide bonds. The molecule has 1 aromatic heterocycles. The molecule has 9 nitrogen and oxygen atoms in total. The third kappa shape index (κ3) is 6.32. The summed E-state index contributed by atoms with van der Waals surface area (Å²) in [5, 5.41) is 3.47. The van der Waals surface area contributed by atoms with Crippen LogP contribution in [0.15, 0.2) is 6.33 Å². The van der Waals surface area contributed by atoms with Crippen molar-refractivity contribution in [2.75, 3.05) is 51.3 Å². The summed E-state index contributed by atoms with van der Waals surface area (Å²) in [7, 11) is -1.46. The Bertz CT molecular complexity index is 987. The Balaban J connectivity index is 1.28. The van der Waals surface area contributed by atoms with Crippen molar-refractivity contribution in [3.05, 3.63) is 17.6 Å². The predicted molar refractivity (Wildman–Crippen MR) is 138 cm³/mol. The first-order valence-electron chi connectivity index (χ1n) is 13.1. The first-order chi connectivity index (χ1) is 16.6. The minimum absolute atomic E-state index is 0.00521. The fourth-order valence-electron chi connectivity index (χ4n) is 6.06. The second-order valence-electron chi connectivity index (χ2n) is 10.9. The Morgan fingerprint density at radius 3 is 2.37 bits per heavy atom. The number of aromatic nitrogens is 2. The molecular formula is C25H42N6O3S. The summed E-state index contributed by atoms with van der Waals surface area (Å²) in [4.78, 5) is 26.5. The van der Waals surface area contributed by atoms with Gasteiger partial charge in [0.15, 0.2) is 0 Å². The van der Waals surface area contributed by atoms with Gasteiger partial charge in [-0.1, -0.05) is 13.3 Å². The van der Waals surface area contributed by atoms with Gasteiger partial charge in [-0.25, -0.2) is 22.7 Å². The molecule has 1 saturated carbocycles. The lowest BCUT2D eigenvalue weighted by molar-refractivity contribution is 0.0542. The van der Waals surface area contributed by atoms with Crippen LogP contribution in [0.1, 0.15) is 67.9 Å². The van der Waals surface area contributed by atoms with E-state index in [1.807, 2.05) is 11.8 Å². The van der Waals surface area contributed by atoms with Crippen LogP contribution in [0, 0.1) is 18.8 Å². The molecule has 3 fully saturated rings. The summed E-state index contributed by atoms with van der Waals surface area (Å²) < 4.78 is 25.2. The number of amides is 1. The zero-order chi connectivity index (χ0) is 25.2. The summed E-state index contributed by atoms with van der Waals surface area (Å²) in [6.07, 6.45) is 10.2. The van der Waals surface area contributed by atoms with Crippen molar-refractivity contribution < 1.29 is 13.2 Å². The summed E-state index contributed by atoms with van der Waals surface area (Å²) in [6, 6.07) is 0.532. The molecule has 0 aromatic carbocycles. The van der Waals surface area contributed by atoms with Gasteiger partial charge in [0, 0.05) is 44.3 Å².